The SMILES string of the molecule is O=C(NC1CC1)N1CC(c2ccc(C3=NOC(c4cc(Cl)c(F)c(Cl)c4)(C(F)(F)F)C3)cc2)C1. The van der Waals surface area contributed by atoms with Crippen LogP contribution in [-0.4, -0.2) is 42.0 Å². The lowest BCUT2D eigenvalue weighted by Crippen LogP contribution is -2.52. The Labute approximate surface area is 202 Å². The van der Waals surface area contributed by atoms with E-state index in [0.717, 1.165) is 30.5 Å². The zero-order chi connectivity index (χ0) is 24.3. The Morgan fingerprint density at radius 2 is 1.74 bits per heavy atom. The van der Waals surface area contributed by atoms with Crippen LogP contribution in [0.1, 0.15) is 41.9 Å². The lowest BCUT2D eigenvalue weighted by atomic mass is 9.85. The molecule has 0 aromatic heterocycles. The second-order valence-corrected chi connectivity index (χ2v) is 9.65. The first kappa shape index (κ1) is 23.2. The van der Waals surface area contributed by atoms with E-state index in [2.05, 4.69) is 10.5 Å². The summed E-state index contributed by atoms with van der Waals surface area (Å²) in [6.07, 6.45) is -3.43. The predicted octanol–water partition coefficient (Wildman–Crippen LogP) is 5.99. The molecule has 5 rings (SSSR count). The molecule has 0 spiro atoms. The van der Waals surface area contributed by atoms with E-state index in [9.17, 15) is 22.4 Å². The summed E-state index contributed by atoms with van der Waals surface area (Å²) in [5.41, 5.74) is -1.70. The number of likely N-dealkylation sites (tertiary alicyclic amines) is 1. The van der Waals surface area contributed by atoms with Crippen LogP contribution in [0.25, 0.3) is 0 Å². The number of rotatable bonds is 4. The number of nitrogens with zero attached hydrogens (tertiary/aromatic N) is 2. The largest absolute Gasteiger partial charge is 0.435 e. The van der Waals surface area contributed by atoms with Gasteiger partial charge in [0.1, 0.15) is 0 Å². The van der Waals surface area contributed by atoms with Crippen LogP contribution in [0.2, 0.25) is 10.0 Å². The van der Waals surface area contributed by atoms with Gasteiger partial charge in [0, 0.05) is 37.0 Å². The van der Waals surface area contributed by atoms with Crippen LogP contribution < -0.4 is 5.32 Å². The standard InChI is InChI=1S/C23H19Cl2F4N3O2/c24-17-7-15(8-18(25)20(17)26)22(23(27,28)29)9-19(31-34-22)13-3-1-12(2-4-13)14-10-32(11-14)21(33)30-16-5-6-16/h1-4,7-8,14,16H,5-6,9-11H2,(H,30,33). The van der Waals surface area contributed by atoms with E-state index < -0.39 is 39.6 Å². The Morgan fingerprint density at radius 1 is 1.12 bits per heavy atom. The lowest BCUT2D eigenvalue weighted by Gasteiger charge is -2.39. The van der Waals surface area contributed by atoms with E-state index in [1.54, 1.807) is 17.0 Å². The number of amides is 2. The highest BCUT2D eigenvalue weighted by Gasteiger charge is 2.62. The van der Waals surface area contributed by atoms with Gasteiger partial charge >= 0.3 is 12.2 Å². The minimum atomic E-state index is -4.86. The topological polar surface area (TPSA) is 53.9 Å². The van der Waals surface area contributed by atoms with Crippen molar-refractivity contribution in [1.29, 1.82) is 0 Å². The quantitative estimate of drug-likeness (QED) is 0.401. The molecule has 2 fully saturated rings. The molecule has 2 amide bonds. The number of benzene rings is 2. The summed E-state index contributed by atoms with van der Waals surface area (Å²) < 4.78 is 56.2. The molecule has 1 saturated heterocycles. The molecule has 1 aliphatic carbocycles. The van der Waals surface area contributed by atoms with Gasteiger partial charge < -0.3 is 15.1 Å². The second kappa shape index (κ2) is 8.30. The Kier molecular flexibility index (Phi) is 5.67. The molecular formula is C23H19Cl2F4N3O2. The molecule has 1 unspecified atom stereocenters. The van der Waals surface area contributed by atoms with Crippen molar-refractivity contribution >= 4 is 34.9 Å². The molecule has 180 valence electrons. The Balaban J connectivity index is 1.30. The highest BCUT2D eigenvalue weighted by molar-refractivity contribution is 6.35. The van der Waals surface area contributed by atoms with Gasteiger partial charge in [-0.3, -0.25) is 0 Å². The molecule has 34 heavy (non-hydrogen) atoms. The van der Waals surface area contributed by atoms with Gasteiger partial charge in [-0.05, 0) is 36.1 Å². The van der Waals surface area contributed by atoms with Crippen molar-refractivity contribution in [3.05, 3.63) is 69.0 Å². The highest BCUT2D eigenvalue weighted by atomic mass is 35.5. The van der Waals surface area contributed by atoms with E-state index in [0.29, 0.717) is 24.7 Å². The maximum absolute atomic E-state index is 14.1. The first-order valence-electron chi connectivity index (χ1n) is 10.7. The molecule has 0 radical (unpaired) electrons. The molecule has 2 aliphatic heterocycles. The van der Waals surface area contributed by atoms with Crippen LogP contribution >= 0.6 is 23.2 Å². The number of urea groups is 1. The van der Waals surface area contributed by atoms with Crippen LogP contribution in [-0.2, 0) is 10.4 Å². The molecule has 1 atom stereocenters. The number of carbonyl (C=O) groups is 1. The van der Waals surface area contributed by atoms with Crippen molar-refractivity contribution in [2.24, 2.45) is 5.16 Å². The van der Waals surface area contributed by atoms with Crippen LogP contribution in [0.4, 0.5) is 22.4 Å². The van der Waals surface area contributed by atoms with Gasteiger partial charge in [0.15, 0.2) is 5.82 Å². The average molecular weight is 516 g/mol. The number of hydrogen-bond acceptors (Lipinski definition) is 3. The van der Waals surface area contributed by atoms with Gasteiger partial charge in [-0.25, -0.2) is 9.18 Å². The Morgan fingerprint density at radius 3 is 2.29 bits per heavy atom. The summed E-state index contributed by atoms with van der Waals surface area (Å²) in [4.78, 5) is 18.8. The number of halogens is 6. The highest BCUT2D eigenvalue weighted by Crippen LogP contribution is 2.50. The summed E-state index contributed by atoms with van der Waals surface area (Å²) in [6, 6.07) is 8.96. The number of hydrogen-bond donors (Lipinski definition) is 1. The predicted molar refractivity (Wildman–Crippen MR) is 119 cm³/mol. The summed E-state index contributed by atoms with van der Waals surface area (Å²) >= 11 is 11.5. The van der Waals surface area contributed by atoms with Gasteiger partial charge in [0.2, 0.25) is 0 Å². The normalized spacial score (nSPS) is 22.8. The van der Waals surface area contributed by atoms with Crippen LogP contribution in [0.5, 0.6) is 0 Å². The molecule has 11 heteroatoms. The third kappa shape index (κ3) is 4.09. The first-order valence-corrected chi connectivity index (χ1v) is 11.5. The smallest absolute Gasteiger partial charge is 0.374 e. The minimum Gasteiger partial charge on any atom is -0.374 e. The summed E-state index contributed by atoms with van der Waals surface area (Å²) in [5.74, 6) is -0.836. The molecule has 2 aromatic carbocycles. The van der Waals surface area contributed by atoms with E-state index in [4.69, 9.17) is 28.0 Å². The molecule has 0 bridgehead atoms. The maximum atomic E-state index is 14.1. The van der Waals surface area contributed by atoms with Crippen LogP contribution in [0.15, 0.2) is 41.6 Å². The molecule has 5 nitrogen and oxygen atoms in total. The van der Waals surface area contributed by atoms with Gasteiger partial charge in [-0.15, -0.1) is 0 Å². The van der Waals surface area contributed by atoms with Gasteiger partial charge in [0.25, 0.3) is 5.60 Å². The van der Waals surface area contributed by atoms with Gasteiger partial charge in [0.05, 0.1) is 15.8 Å². The first-order chi connectivity index (χ1) is 16.1. The summed E-state index contributed by atoms with van der Waals surface area (Å²) in [6.45, 7) is 1.18. The molecule has 3 aliphatic rings. The fraction of sp³-hybridized carbons (Fsp3) is 0.391. The van der Waals surface area contributed by atoms with Crippen molar-refractivity contribution < 1.29 is 27.2 Å². The molecule has 1 N–H and O–H groups in total. The van der Waals surface area contributed by atoms with E-state index in [-0.39, 0.29) is 17.7 Å². The van der Waals surface area contributed by atoms with E-state index >= 15 is 0 Å². The third-order valence-electron chi connectivity index (χ3n) is 6.43. The fourth-order valence-electron chi connectivity index (χ4n) is 4.14. The van der Waals surface area contributed by atoms with Crippen molar-refractivity contribution in [1.82, 2.24) is 10.2 Å². The number of oxime groups is 1. The zero-order valence-electron chi connectivity index (χ0n) is 17.6. The molecule has 2 heterocycles. The number of nitrogens with one attached hydrogen (secondary N) is 1. The Bertz CT molecular complexity index is 1140. The van der Waals surface area contributed by atoms with Gasteiger partial charge in [-0.1, -0.05) is 52.6 Å². The molecule has 2 aromatic rings. The van der Waals surface area contributed by atoms with Crippen molar-refractivity contribution in [3.8, 4) is 0 Å². The Hall–Kier alpha value is -2.52. The fourth-order valence-corrected chi connectivity index (χ4v) is 4.63. The van der Waals surface area contributed by atoms with Crippen LogP contribution in [0, 0.1) is 5.82 Å². The van der Waals surface area contributed by atoms with Crippen LogP contribution in [0.3, 0.4) is 0 Å². The maximum Gasteiger partial charge on any atom is 0.435 e. The third-order valence-corrected chi connectivity index (χ3v) is 6.98. The monoisotopic (exact) mass is 515 g/mol. The average Bonchev–Trinajstić information content (AvgIpc) is 3.43. The van der Waals surface area contributed by atoms with Crippen molar-refractivity contribution in [2.45, 2.75) is 43.0 Å². The number of alkyl halides is 3. The van der Waals surface area contributed by atoms with E-state index in [1.807, 2.05) is 12.1 Å². The van der Waals surface area contributed by atoms with Gasteiger partial charge in [-0.2, -0.15) is 13.2 Å². The summed E-state index contributed by atoms with van der Waals surface area (Å²) in [7, 11) is 0. The van der Waals surface area contributed by atoms with Crippen molar-refractivity contribution in [2.75, 3.05) is 13.1 Å². The minimum absolute atomic E-state index is 0.0580. The number of carbonyl (C=O) groups excluding carboxylic acids is 1. The molecular weight excluding hydrogens is 497 g/mol. The second-order valence-electron chi connectivity index (χ2n) is 8.83. The molecule has 1 saturated carbocycles. The lowest BCUT2D eigenvalue weighted by molar-refractivity contribution is -0.275. The van der Waals surface area contributed by atoms with Crippen molar-refractivity contribution in [3.63, 3.8) is 0 Å². The zero-order valence-corrected chi connectivity index (χ0v) is 19.1. The van der Waals surface area contributed by atoms with E-state index in [1.165, 1.54) is 0 Å². The summed E-state index contributed by atoms with van der Waals surface area (Å²) in [5, 5.41) is 5.59.